The molecule has 0 atom stereocenters. The van der Waals surface area contributed by atoms with Crippen LogP contribution in [0.5, 0.6) is 0 Å². The van der Waals surface area contributed by atoms with E-state index in [4.69, 9.17) is 34.8 Å². The minimum atomic E-state index is -2.99. The van der Waals surface area contributed by atoms with Crippen LogP contribution >= 0.6 is 34.8 Å². The topological polar surface area (TPSA) is 46.2 Å². The van der Waals surface area contributed by atoms with Gasteiger partial charge in [-0.3, -0.25) is 0 Å². The van der Waals surface area contributed by atoms with Crippen molar-refractivity contribution < 1.29 is 8.42 Å². The van der Waals surface area contributed by atoms with Gasteiger partial charge in [-0.15, -0.1) is 0 Å². The number of rotatable bonds is 5. The maximum absolute atomic E-state index is 11.3. The normalized spacial score (nSPS) is 11.5. The highest BCUT2D eigenvalue weighted by molar-refractivity contribution is 7.91. The van der Waals surface area contributed by atoms with Crippen LogP contribution in [0.25, 0.3) is 0 Å². The first-order chi connectivity index (χ1) is 7.85. The summed E-state index contributed by atoms with van der Waals surface area (Å²) < 4.78 is 22.6. The van der Waals surface area contributed by atoms with E-state index < -0.39 is 9.84 Å². The van der Waals surface area contributed by atoms with Gasteiger partial charge in [-0.1, -0.05) is 41.7 Å². The molecule has 0 amide bonds. The summed E-state index contributed by atoms with van der Waals surface area (Å²) in [5, 5.41) is 4.06. The van der Waals surface area contributed by atoms with Crippen LogP contribution in [0.4, 0.5) is 5.69 Å². The van der Waals surface area contributed by atoms with E-state index in [1.165, 1.54) is 6.07 Å². The molecule has 1 aromatic rings. The van der Waals surface area contributed by atoms with Gasteiger partial charge in [0.1, 0.15) is 0 Å². The van der Waals surface area contributed by atoms with Crippen LogP contribution in [0.15, 0.2) is 12.1 Å². The molecule has 7 heteroatoms. The van der Waals surface area contributed by atoms with E-state index in [1.807, 2.05) is 0 Å². The average Bonchev–Trinajstić information content (AvgIpc) is 2.25. The second kappa shape index (κ2) is 6.14. The molecule has 0 aliphatic carbocycles. The van der Waals surface area contributed by atoms with Crippen LogP contribution in [-0.2, 0) is 9.84 Å². The first-order valence-electron chi connectivity index (χ1n) is 4.94. The van der Waals surface area contributed by atoms with Gasteiger partial charge in [-0.05, 0) is 12.1 Å². The molecule has 1 rings (SSSR count). The zero-order chi connectivity index (χ0) is 13.1. The van der Waals surface area contributed by atoms with Gasteiger partial charge >= 0.3 is 0 Å². The van der Waals surface area contributed by atoms with E-state index in [1.54, 1.807) is 13.0 Å². The highest BCUT2D eigenvalue weighted by atomic mass is 35.5. The lowest BCUT2D eigenvalue weighted by atomic mass is 10.3. The molecule has 1 aromatic carbocycles. The standard InChI is InChI=1S/C10H12Cl3NO2S/c1-2-17(15,16)4-3-14-10-6-8(12)7(11)5-9(10)13/h5-6,14H,2-4H2,1H3. The van der Waals surface area contributed by atoms with Gasteiger partial charge in [0, 0.05) is 12.3 Å². The highest BCUT2D eigenvalue weighted by Gasteiger charge is 2.09. The summed E-state index contributed by atoms with van der Waals surface area (Å²) in [6, 6.07) is 3.09. The van der Waals surface area contributed by atoms with Gasteiger partial charge in [0.25, 0.3) is 0 Å². The van der Waals surface area contributed by atoms with Gasteiger partial charge in [0.2, 0.25) is 0 Å². The molecule has 96 valence electrons. The van der Waals surface area contributed by atoms with Crippen molar-refractivity contribution in [3.8, 4) is 0 Å². The Morgan fingerprint density at radius 2 is 1.71 bits per heavy atom. The van der Waals surface area contributed by atoms with Crippen LogP contribution in [0.3, 0.4) is 0 Å². The predicted octanol–water partition coefficient (Wildman–Crippen LogP) is 3.49. The summed E-state index contributed by atoms with van der Waals surface area (Å²) in [5.41, 5.74) is 0.576. The van der Waals surface area contributed by atoms with Gasteiger partial charge in [-0.2, -0.15) is 0 Å². The molecule has 0 aliphatic heterocycles. The van der Waals surface area contributed by atoms with E-state index in [0.29, 0.717) is 20.8 Å². The third-order valence-electron chi connectivity index (χ3n) is 2.18. The van der Waals surface area contributed by atoms with Gasteiger partial charge in [0.05, 0.1) is 26.5 Å². The first-order valence-corrected chi connectivity index (χ1v) is 7.90. The summed E-state index contributed by atoms with van der Waals surface area (Å²) in [6.07, 6.45) is 0. The minimum Gasteiger partial charge on any atom is -0.383 e. The zero-order valence-corrected chi connectivity index (χ0v) is 12.2. The summed E-state index contributed by atoms with van der Waals surface area (Å²) >= 11 is 17.5. The number of hydrogen-bond acceptors (Lipinski definition) is 3. The van der Waals surface area contributed by atoms with Gasteiger partial charge in [-0.25, -0.2) is 8.42 Å². The summed E-state index contributed by atoms with van der Waals surface area (Å²) in [5.74, 6) is 0.184. The minimum absolute atomic E-state index is 0.0556. The van der Waals surface area contributed by atoms with E-state index in [9.17, 15) is 8.42 Å². The Labute approximate surface area is 116 Å². The smallest absolute Gasteiger partial charge is 0.151 e. The number of sulfone groups is 1. The van der Waals surface area contributed by atoms with Crippen molar-refractivity contribution in [1.29, 1.82) is 0 Å². The molecular formula is C10H12Cl3NO2S. The van der Waals surface area contributed by atoms with Crippen LogP contribution in [0.2, 0.25) is 15.1 Å². The van der Waals surface area contributed by atoms with Gasteiger partial charge < -0.3 is 5.32 Å². The zero-order valence-electron chi connectivity index (χ0n) is 9.13. The number of halogens is 3. The molecule has 0 saturated heterocycles. The monoisotopic (exact) mass is 315 g/mol. The van der Waals surface area contributed by atoms with Crippen LogP contribution < -0.4 is 5.32 Å². The van der Waals surface area contributed by atoms with Crippen LogP contribution in [-0.4, -0.2) is 26.5 Å². The van der Waals surface area contributed by atoms with Crippen LogP contribution in [0, 0.1) is 0 Å². The van der Waals surface area contributed by atoms with E-state index >= 15 is 0 Å². The third kappa shape index (κ3) is 4.54. The lowest BCUT2D eigenvalue weighted by molar-refractivity contribution is 0.597. The quantitative estimate of drug-likeness (QED) is 0.846. The van der Waals surface area contributed by atoms with E-state index in [0.717, 1.165) is 0 Å². The Bertz CT molecular complexity index is 503. The third-order valence-corrected chi connectivity index (χ3v) is 4.92. The van der Waals surface area contributed by atoms with Crippen molar-refractivity contribution in [2.45, 2.75) is 6.92 Å². The van der Waals surface area contributed by atoms with Crippen molar-refractivity contribution in [2.24, 2.45) is 0 Å². The SMILES string of the molecule is CCS(=O)(=O)CCNc1cc(Cl)c(Cl)cc1Cl. The molecule has 0 spiro atoms. The number of hydrogen-bond donors (Lipinski definition) is 1. The van der Waals surface area contributed by atoms with Crippen molar-refractivity contribution in [1.82, 2.24) is 0 Å². The molecule has 0 radical (unpaired) electrons. The first kappa shape index (κ1) is 14.9. The maximum atomic E-state index is 11.3. The Balaban J connectivity index is 2.68. The van der Waals surface area contributed by atoms with Crippen molar-refractivity contribution >= 4 is 50.3 Å². The van der Waals surface area contributed by atoms with Gasteiger partial charge in [0.15, 0.2) is 9.84 Å². The summed E-state index contributed by atoms with van der Waals surface area (Å²) in [7, 11) is -2.99. The Morgan fingerprint density at radius 1 is 1.12 bits per heavy atom. The predicted molar refractivity (Wildman–Crippen MR) is 74.3 cm³/mol. The van der Waals surface area contributed by atoms with E-state index in [-0.39, 0.29) is 18.1 Å². The average molecular weight is 317 g/mol. The Hall–Kier alpha value is -0.160. The molecule has 17 heavy (non-hydrogen) atoms. The Kier molecular flexibility index (Phi) is 5.38. The van der Waals surface area contributed by atoms with E-state index in [2.05, 4.69) is 5.32 Å². The summed E-state index contributed by atoms with van der Waals surface area (Å²) in [6.45, 7) is 1.90. The van der Waals surface area contributed by atoms with Crippen molar-refractivity contribution in [3.63, 3.8) is 0 Å². The fourth-order valence-electron chi connectivity index (χ4n) is 1.14. The number of anilines is 1. The van der Waals surface area contributed by atoms with Crippen LogP contribution in [0.1, 0.15) is 6.92 Å². The van der Waals surface area contributed by atoms with Crippen molar-refractivity contribution in [2.75, 3.05) is 23.4 Å². The molecule has 0 aliphatic rings. The number of nitrogens with one attached hydrogen (secondary N) is 1. The highest BCUT2D eigenvalue weighted by Crippen LogP contribution is 2.32. The number of benzene rings is 1. The molecule has 0 unspecified atom stereocenters. The fraction of sp³-hybridized carbons (Fsp3) is 0.400. The molecule has 0 fully saturated rings. The molecule has 0 heterocycles. The molecular weight excluding hydrogens is 305 g/mol. The van der Waals surface area contributed by atoms with Crippen molar-refractivity contribution in [3.05, 3.63) is 27.2 Å². The lowest BCUT2D eigenvalue weighted by Gasteiger charge is -2.09. The second-order valence-electron chi connectivity index (χ2n) is 3.41. The molecule has 0 aromatic heterocycles. The summed E-state index contributed by atoms with van der Waals surface area (Å²) in [4.78, 5) is 0. The molecule has 0 saturated carbocycles. The fourth-order valence-corrected chi connectivity index (χ4v) is 2.46. The molecule has 0 bridgehead atoms. The largest absolute Gasteiger partial charge is 0.383 e. The molecule has 3 nitrogen and oxygen atoms in total. The molecule has 1 N–H and O–H groups in total. The second-order valence-corrected chi connectivity index (χ2v) is 7.10. The maximum Gasteiger partial charge on any atom is 0.151 e. The lowest BCUT2D eigenvalue weighted by Crippen LogP contribution is -2.17. The Morgan fingerprint density at radius 3 is 2.29 bits per heavy atom.